The van der Waals surface area contributed by atoms with Gasteiger partial charge >= 0.3 is 0 Å². The molecule has 1 rings (SSSR count). The minimum absolute atomic E-state index is 0.175. The van der Waals surface area contributed by atoms with Crippen LogP contribution in [0, 0.1) is 16.7 Å². The van der Waals surface area contributed by atoms with E-state index in [1.165, 1.54) is 12.8 Å². The Labute approximate surface area is 92.8 Å². The summed E-state index contributed by atoms with van der Waals surface area (Å²) in [6.45, 7) is 6.87. The normalized spacial score (nSPS) is 21.5. The van der Waals surface area contributed by atoms with Gasteiger partial charge in [-0.05, 0) is 46.1 Å². The maximum Gasteiger partial charge on any atom is 0.0700 e. The molecular weight excluding hydrogens is 188 g/mol. The van der Waals surface area contributed by atoms with Crippen LogP contribution in [0.1, 0.15) is 39.5 Å². The van der Waals surface area contributed by atoms with Crippen molar-refractivity contribution in [3.05, 3.63) is 0 Å². The van der Waals surface area contributed by atoms with Crippen molar-refractivity contribution in [2.24, 2.45) is 5.41 Å². The topological polar surface area (TPSA) is 45.0 Å². The van der Waals surface area contributed by atoms with Crippen LogP contribution in [0.5, 0.6) is 0 Å². The van der Waals surface area contributed by atoms with Gasteiger partial charge in [0.15, 0.2) is 0 Å². The van der Waals surface area contributed by atoms with Crippen LogP contribution in [0.3, 0.4) is 0 Å². The largest absolute Gasteiger partial charge is 0.377 e. The Morgan fingerprint density at radius 3 is 2.93 bits per heavy atom. The molecule has 0 aliphatic carbocycles. The van der Waals surface area contributed by atoms with E-state index in [1.807, 2.05) is 13.8 Å². The van der Waals surface area contributed by atoms with Crippen LogP contribution in [0.2, 0.25) is 0 Å². The average Bonchev–Trinajstić information content (AvgIpc) is 2.70. The van der Waals surface area contributed by atoms with Crippen molar-refractivity contribution in [3.63, 3.8) is 0 Å². The van der Waals surface area contributed by atoms with Crippen LogP contribution in [0.4, 0.5) is 0 Å². The summed E-state index contributed by atoms with van der Waals surface area (Å²) in [6, 6.07) is 2.32. The van der Waals surface area contributed by atoms with Crippen LogP contribution in [0.15, 0.2) is 0 Å². The Morgan fingerprint density at radius 2 is 2.33 bits per heavy atom. The van der Waals surface area contributed by atoms with Crippen LogP contribution in [0.25, 0.3) is 0 Å². The third-order valence-corrected chi connectivity index (χ3v) is 2.85. The van der Waals surface area contributed by atoms with Gasteiger partial charge < -0.3 is 10.1 Å². The molecule has 1 fully saturated rings. The van der Waals surface area contributed by atoms with Crippen molar-refractivity contribution in [3.8, 4) is 6.07 Å². The Morgan fingerprint density at radius 1 is 1.53 bits per heavy atom. The highest BCUT2D eigenvalue weighted by Crippen LogP contribution is 2.20. The lowest BCUT2D eigenvalue weighted by Crippen LogP contribution is -2.27. The number of ether oxygens (including phenoxy) is 1. The molecule has 1 unspecified atom stereocenters. The molecule has 1 atom stereocenters. The zero-order valence-electron chi connectivity index (χ0n) is 9.88. The fourth-order valence-electron chi connectivity index (χ4n) is 1.78. The second-order valence-electron chi connectivity index (χ2n) is 4.94. The smallest absolute Gasteiger partial charge is 0.0700 e. The van der Waals surface area contributed by atoms with E-state index in [9.17, 15) is 0 Å². The summed E-state index contributed by atoms with van der Waals surface area (Å²) >= 11 is 0. The van der Waals surface area contributed by atoms with E-state index in [2.05, 4.69) is 11.4 Å². The van der Waals surface area contributed by atoms with Gasteiger partial charge in [-0.1, -0.05) is 0 Å². The Kier molecular flexibility index (Phi) is 5.07. The molecule has 0 spiro atoms. The van der Waals surface area contributed by atoms with E-state index >= 15 is 0 Å². The first-order valence-corrected chi connectivity index (χ1v) is 5.88. The Balaban J connectivity index is 1.95. The van der Waals surface area contributed by atoms with Crippen molar-refractivity contribution in [1.82, 2.24) is 5.32 Å². The van der Waals surface area contributed by atoms with E-state index in [0.717, 1.165) is 32.5 Å². The SMILES string of the molecule is CC(C)(C#N)CCCNCC1CCCO1. The van der Waals surface area contributed by atoms with Crippen molar-refractivity contribution >= 4 is 0 Å². The molecule has 1 heterocycles. The van der Waals surface area contributed by atoms with Gasteiger partial charge in [0.25, 0.3) is 0 Å². The molecular formula is C12H22N2O. The van der Waals surface area contributed by atoms with Crippen molar-refractivity contribution in [2.75, 3.05) is 19.7 Å². The lowest BCUT2D eigenvalue weighted by Gasteiger charge is -2.15. The van der Waals surface area contributed by atoms with Gasteiger partial charge in [0.1, 0.15) is 0 Å². The molecule has 0 aromatic carbocycles. The first kappa shape index (κ1) is 12.5. The third kappa shape index (κ3) is 5.15. The van der Waals surface area contributed by atoms with E-state index < -0.39 is 0 Å². The molecule has 0 bridgehead atoms. The number of hydrogen-bond acceptors (Lipinski definition) is 3. The lowest BCUT2D eigenvalue weighted by molar-refractivity contribution is 0.110. The lowest BCUT2D eigenvalue weighted by atomic mass is 9.90. The van der Waals surface area contributed by atoms with Gasteiger partial charge in [-0.15, -0.1) is 0 Å². The fourth-order valence-corrected chi connectivity index (χ4v) is 1.78. The predicted molar refractivity (Wildman–Crippen MR) is 60.5 cm³/mol. The zero-order chi connectivity index (χ0) is 11.1. The van der Waals surface area contributed by atoms with Gasteiger partial charge in [-0.2, -0.15) is 5.26 Å². The molecule has 1 aliphatic heterocycles. The highest BCUT2D eigenvalue weighted by atomic mass is 16.5. The van der Waals surface area contributed by atoms with Gasteiger partial charge in [0.05, 0.1) is 17.6 Å². The molecule has 1 saturated heterocycles. The standard InChI is InChI=1S/C12H22N2O/c1-12(2,10-13)6-4-7-14-9-11-5-3-8-15-11/h11,14H,3-9H2,1-2H3. The van der Waals surface area contributed by atoms with E-state index in [4.69, 9.17) is 10.00 Å². The minimum atomic E-state index is -0.175. The molecule has 0 radical (unpaired) electrons. The van der Waals surface area contributed by atoms with Gasteiger partial charge in [0.2, 0.25) is 0 Å². The van der Waals surface area contributed by atoms with Crippen molar-refractivity contribution < 1.29 is 4.74 Å². The molecule has 1 aliphatic rings. The number of nitrogens with zero attached hydrogens (tertiary/aromatic N) is 1. The minimum Gasteiger partial charge on any atom is -0.377 e. The fraction of sp³-hybridized carbons (Fsp3) is 0.917. The van der Waals surface area contributed by atoms with E-state index in [0.29, 0.717) is 6.10 Å². The molecule has 0 aromatic rings. The summed E-state index contributed by atoms with van der Waals surface area (Å²) in [5.74, 6) is 0. The molecule has 0 amide bonds. The summed E-state index contributed by atoms with van der Waals surface area (Å²) in [5.41, 5.74) is -0.175. The van der Waals surface area contributed by atoms with Gasteiger partial charge in [0, 0.05) is 13.2 Å². The van der Waals surface area contributed by atoms with Crippen LogP contribution in [-0.2, 0) is 4.74 Å². The first-order chi connectivity index (χ1) is 7.14. The van der Waals surface area contributed by atoms with Gasteiger partial charge in [-0.3, -0.25) is 0 Å². The number of nitriles is 1. The second kappa shape index (κ2) is 6.09. The summed E-state index contributed by atoms with van der Waals surface area (Å²) in [6.07, 6.45) is 4.84. The van der Waals surface area contributed by atoms with Crippen LogP contribution in [-0.4, -0.2) is 25.8 Å². The van der Waals surface area contributed by atoms with Crippen LogP contribution >= 0.6 is 0 Å². The quantitative estimate of drug-likeness (QED) is 0.683. The van der Waals surface area contributed by atoms with Crippen molar-refractivity contribution in [1.29, 1.82) is 5.26 Å². The molecule has 86 valence electrons. The first-order valence-electron chi connectivity index (χ1n) is 5.88. The Bertz CT molecular complexity index is 214. The van der Waals surface area contributed by atoms with E-state index in [-0.39, 0.29) is 5.41 Å². The number of rotatable bonds is 6. The van der Waals surface area contributed by atoms with Crippen molar-refractivity contribution in [2.45, 2.75) is 45.6 Å². The van der Waals surface area contributed by atoms with Crippen LogP contribution < -0.4 is 5.32 Å². The molecule has 0 aromatic heterocycles. The molecule has 15 heavy (non-hydrogen) atoms. The number of hydrogen-bond donors (Lipinski definition) is 1. The highest BCUT2D eigenvalue weighted by molar-refractivity contribution is 4.91. The summed E-state index contributed by atoms with van der Waals surface area (Å²) < 4.78 is 5.51. The molecule has 3 nitrogen and oxygen atoms in total. The predicted octanol–water partition coefficient (Wildman–Crippen LogP) is 2.08. The highest BCUT2D eigenvalue weighted by Gasteiger charge is 2.16. The maximum atomic E-state index is 8.83. The summed E-state index contributed by atoms with van der Waals surface area (Å²) in [5, 5.41) is 12.2. The number of nitrogens with one attached hydrogen (secondary N) is 1. The Hall–Kier alpha value is -0.590. The maximum absolute atomic E-state index is 8.83. The zero-order valence-corrected chi connectivity index (χ0v) is 9.88. The van der Waals surface area contributed by atoms with Gasteiger partial charge in [-0.25, -0.2) is 0 Å². The monoisotopic (exact) mass is 210 g/mol. The molecule has 1 N–H and O–H groups in total. The summed E-state index contributed by atoms with van der Waals surface area (Å²) in [7, 11) is 0. The second-order valence-corrected chi connectivity index (χ2v) is 4.94. The average molecular weight is 210 g/mol. The molecule has 0 saturated carbocycles. The molecule has 3 heteroatoms. The summed E-state index contributed by atoms with van der Waals surface area (Å²) in [4.78, 5) is 0. The third-order valence-electron chi connectivity index (χ3n) is 2.85. The van der Waals surface area contributed by atoms with E-state index in [1.54, 1.807) is 0 Å².